The molecule has 1 aromatic heterocycles. The highest BCUT2D eigenvalue weighted by Crippen LogP contribution is 2.24. The fourth-order valence-corrected chi connectivity index (χ4v) is 2.46. The van der Waals surface area contributed by atoms with E-state index in [0.717, 1.165) is 11.1 Å². The van der Waals surface area contributed by atoms with Gasteiger partial charge in [0.1, 0.15) is 12.4 Å². The summed E-state index contributed by atoms with van der Waals surface area (Å²) >= 11 is 11.9. The van der Waals surface area contributed by atoms with Crippen LogP contribution in [-0.4, -0.2) is 11.2 Å². The van der Waals surface area contributed by atoms with Crippen LogP contribution in [0.5, 0.6) is 11.6 Å². The molecule has 0 atom stereocenters. The van der Waals surface area contributed by atoms with E-state index in [1.165, 1.54) is 0 Å². The monoisotopic (exact) mass is 386 g/mol. The number of ether oxygens (including phenoxy) is 1. The highest BCUT2D eigenvalue weighted by atomic mass is 35.5. The van der Waals surface area contributed by atoms with Gasteiger partial charge in [-0.2, -0.15) is 0 Å². The molecular weight excluding hydrogens is 371 g/mol. The summed E-state index contributed by atoms with van der Waals surface area (Å²) in [6, 6.07) is 16.7. The van der Waals surface area contributed by atoms with Crippen molar-refractivity contribution in [1.29, 1.82) is 0 Å². The normalized spacial score (nSPS) is 10.9. The molecule has 0 aliphatic heterocycles. The number of aryl methyl sites for hydroxylation is 1. The molecule has 26 heavy (non-hydrogen) atoms. The molecule has 0 aliphatic rings. The van der Waals surface area contributed by atoms with E-state index < -0.39 is 0 Å². The van der Waals surface area contributed by atoms with Gasteiger partial charge in [-0.3, -0.25) is 0 Å². The molecule has 1 heterocycles. The van der Waals surface area contributed by atoms with Crippen LogP contribution in [0.25, 0.3) is 0 Å². The van der Waals surface area contributed by atoms with Gasteiger partial charge in [-0.25, -0.2) is 4.98 Å². The van der Waals surface area contributed by atoms with E-state index in [2.05, 4.69) is 10.1 Å². The molecule has 0 aliphatic carbocycles. The van der Waals surface area contributed by atoms with Crippen LogP contribution in [0.1, 0.15) is 16.7 Å². The molecule has 3 aromatic rings. The fourth-order valence-electron chi connectivity index (χ4n) is 2.14. The van der Waals surface area contributed by atoms with Crippen molar-refractivity contribution in [2.75, 3.05) is 0 Å². The number of rotatable bonds is 6. The number of oxime groups is 1. The number of hydrogen-bond acceptors (Lipinski definition) is 4. The molecule has 2 aromatic carbocycles. The number of nitrogens with zero attached hydrogens (tertiary/aromatic N) is 2. The lowest BCUT2D eigenvalue weighted by Gasteiger charge is -2.07. The minimum absolute atomic E-state index is 0.280. The summed E-state index contributed by atoms with van der Waals surface area (Å²) < 4.78 is 5.82. The summed E-state index contributed by atoms with van der Waals surface area (Å²) in [7, 11) is 0. The molecule has 0 radical (unpaired) electrons. The van der Waals surface area contributed by atoms with Crippen LogP contribution in [0.4, 0.5) is 0 Å². The van der Waals surface area contributed by atoms with Gasteiger partial charge < -0.3 is 9.57 Å². The maximum Gasteiger partial charge on any atom is 0.228 e. The quantitative estimate of drug-likeness (QED) is 0.383. The zero-order chi connectivity index (χ0) is 18.4. The van der Waals surface area contributed by atoms with Crippen LogP contribution >= 0.6 is 23.2 Å². The predicted octanol–water partition coefficient (Wildman–Crippen LogP) is 6.04. The summed E-state index contributed by atoms with van der Waals surface area (Å²) in [6.07, 6.45) is 3.23. The first-order valence-corrected chi connectivity index (χ1v) is 8.66. The minimum atomic E-state index is 0.280. The molecule has 0 saturated carbocycles. The fraction of sp³-hybridized carbons (Fsp3) is 0.100. The lowest BCUT2D eigenvalue weighted by molar-refractivity contribution is 0.132. The van der Waals surface area contributed by atoms with Crippen LogP contribution in [-0.2, 0) is 11.4 Å². The van der Waals surface area contributed by atoms with Crippen molar-refractivity contribution in [3.8, 4) is 11.6 Å². The van der Waals surface area contributed by atoms with E-state index in [9.17, 15) is 0 Å². The van der Waals surface area contributed by atoms with Crippen molar-refractivity contribution in [2.24, 2.45) is 5.16 Å². The Morgan fingerprint density at radius 2 is 1.85 bits per heavy atom. The Bertz CT molecular complexity index is 912. The van der Waals surface area contributed by atoms with Crippen molar-refractivity contribution in [2.45, 2.75) is 13.5 Å². The topological polar surface area (TPSA) is 43.7 Å². The SMILES string of the molecule is Cc1ccc(Oc2ncccc2/C=N\OCc2ccc(Cl)c(Cl)c2)cc1. The molecule has 0 spiro atoms. The Morgan fingerprint density at radius 3 is 2.62 bits per heavy atom. The molecule has 4 nitrogen and oxygen atoms in total. The second kappa shape index (κ2) is 8.70. The number of pyridine rings is 1. The largest absolute Gasteiger partial charge is 0.438 e. The van der Waals surface area contributed by atoms with Gasteiger partial charge in [0.05, 0.1) is 21.8 Å². The number of aromatic nitrogens is 1. The van der Waals surface area contributed by atoms with E-state index in [4.69, 9.17) is 32.8 Å². The van der Waals surface area contributed by atoms with Gasteiger partial charge in [-0.05, 0) is 48.9 Å². The molecule has 3 rings (SSSR count). The molecular formula is C20H16Cl2N2O2. The van der Waals surface area contributed by atoms with Crippen LogP contribution < -0.4 is 4.74 Å². The average Bonchev–Trinajstić information content (AvgIpc) is 2.65. The van der Waals surface area contributed by atoms with Gasteiger partial charge >= 0.3 is 0 Å². The lowest BCUT2D eigenvalue weighted by Crippen LogP contribution is -1.94. The van der Waals surface area contributed by atoms with Gasteiger partial charge in [0.25, 0.3) is 0 Å². The van der Waals surface area contributed by atoms with Crippen molar-refractivity contribution >= 4 is 29.4 Å². The molecule has 0 amide bonds. The van der Waals surface area contributed by atoms with Gasteiger partial charge in [-0.15, -0.1) is 0 Å². The van der Waals surface area contributed by atoms with E-state index in [1.54, 1.807) is 24.5 Å². The molecule has 0 fully saturated rings. The molecule has 0 N–H and O–H groups in total. The van der Waals surface area contributed by atoms with E-state index in [0.29, 0.717) is 27.2 Å². The summed E-state index contributed by atoms with van der Waals surface area (Å²) in [5, 5.41) is 4.98. The van der Waals surface area contributed by atoms with Gasteiger partial charge in [0, 0.05) is 6.20 Å². The highest BCUT2D eigenvalue weighted by molar-refractivity contribution is 6.42. The Kier molecular flexibility index (Phi) is 6.10. The first-order valence-electron chi connectivity index (χ1n) is 7.90. The van der Waals surface area contributed by atoms with Crippen LogP contribution in [0.3, 0.4) is 0 Å². The van der Waals surface area contributed by atoms with E-state index in [1.807, 2.05) is 49.4 Å². The summed E-state index contributed by atoms with van der Waals surface area (Å²) in [5.74, 6) is 1.17. The standard InChI is InChI=1S/C20H16Cl2N2O2/c1-14-4-7-17(8-5-14)26-20-16(3-2-10-23-20)12-24-25-13-15-6-9-18(21)19(22)11-15/h2-12H,13H2,1H3/b24-12-. The second-order valence-corrected chi connectivity index (χ2v) is 6.38. The second-order valence-electron chi connectivity index (χ2n) is 5.57. The summed E-state index contributed by atoms with van der Waals surface area (Å²) in [4.78, 5) is 9.58. The third-order valence-electron chi connectivity index (χ3n) is 3.52. The molecule has 0 saturated heterocycles. The maximum atomic E-state index is 5.98. The maximum absolute atomic E-state index is 5.98. The number of halogens is 2. The smallest absolute Gasteiger partial charge is 0.228 e. The Hall–Kier alpha value is -2.56. The van der Waals surface area contributed by atoms with Crippen molar-refractivity contribution in [1.82, 2.24) is 4.98 Å². The van der Waals surface area contributed by atoms with Gasteiger partial charge in [-0.1, -0.05) is 52.1 Å². The van der Waals surface area contributed by atoms with Crippen LogP contribution in [0, 0.1) is 6.92 Å². The predicted molar refractivity (Wildman–Crippen MR) is 104 cm³/mol. The summed E-state index contributed by atoms with van der Waals surface area (Å²) in [6.45, 7) is 2.30. The van der Waals surface area contributed by atoms with Crippen molar-refractivity contribution < 1.29 is 9.57 Å². The van der Waals surface area contributed by atoms with Crippen molar-refractivity contribution in [3.05, 3.63) is 87.5 Å². The number of hydrogen-bond donors (Lipinski definition) is 0. The third kappa shape index (κ3) is 4.97. The highest BCUT2D eigenvalue weighted by Gasteiger charge is 2.05. The lowest BCUT2D eigenvalue weighted by atomic mass is 10.2. The van der Waals surface area contributed by atoms with Crippen LogP contribution in [0.15, 0.2) is 65.9 Å². The van der Waals surface area contributed by atoms with Crippen LogP contribution in [0.2, 0.25) is 10.0 Å². The zero-order valence-electron chi connectivity index (χ0n) is 14.0. The van der Waals surface area contributed by atoms with Gasteiger partial charge in [0.2, 0.25) is 5.88 Å². The zero-order valence-corrected chi connectivity index (χ0v) is 15.5. The Balaban J connectivity index is 1.64. The Morgan fingerprint density at radius 1 is 1.04 bits per heavy atom. The average molecular weight is 387 g/mol. The third-order valence-corrected chi connectivity index (χ3v) is 4.26. The molecule has 132 valence electrons. The van der Waals surface area contributed by atoms with E-state index >= 15 is 0 Å². The summed E-state index contributed by atoms with van der Waals surface area (Å²) in [5.41, 5.74) is 2.75. The first-order chi connectivity index (χ1) is 12.6. The molecule has 0 unspecified atom stereocenters. The molecule has 0 bridgehead atoms. The van der Waals surface area contributed by atoms with E-state index in [-0.39, 0.29) is 6.61 Å². The molecule has 6 heteroatoms. The number of benzene rings is 2. The minimum Gasteiger partial charge on any atom is -0.438 e. The van der Waals surface area contributed by atoms with Gasteiger partial charge in [0.15, 0.2) is 0 Å². The Labute approximate surface area is 162 Å². The first kappa shape index (κ1) is 18.2. The van der Waals surface area contributed by atoms with Crippen molar-refractivity contribution in [3.63, 3.8) is 0 Å².